The number of rotatable bonds is 15. The lowest BCUT2D eigenvalue weighted by molar-refractivity contribution is -0.160. The summed E-state index contributed by atoms with van der Waals surface area (Å²) in [5, 5.41) is 21.7. The van der Waals surface area contributed by atoms with Gasteiger partial charge in [0.25, 0.3) is 0 Å². The highest BCUT2D eigenvalue weighted by molar-refractivity contribution is 8.00. The van der Waals surface area contributed by atoms with E-state index in [1.807, 2.05) is 23.5 Å². The zero-order valence-corrected chi connectivity index (χ0v) is 30.4. The van der Waals surface area contributed by atoms with Gasteiger partial charge in [0.1, 0.15) is 0 Å². The number of aliphatic carboxylic acids is 2. The second kappa shape index (κ2) is 17.6. The van der Waals surface area contributed by atoms with Crippen molar-refractivity contribution < 1.29 is 19.8 Å². The van der Waals surface area contributed by atoms with Crippen LogP contribution < -0.4 is 0 Å². The van der Waals surface area contributed by atoms with Crippen molar-refractivity contribution in [3.63, 3.8) is 0 Å². The Balaban J connectivity index is 1.39. The van der Waals surface area contributed by atoms with Crippen LogP contribution in [0.15, 0.2) is 121 Å². The highest BCUT2D eigenvalue weighted by Crippen LogP contribution is 2.64. The molecule has 2 fully saturated rings. The van der Waals surface area contributed by atoms with Gasteiger partial charge in [0.15, 0.2) is 0 Å². The number of thioether (sulfide) groups is 2. The lowest BCUT2D eigenvalue weighted by Gasteiger charge is -2.51. The molecular weight excluding hydrogens is 657 g/mol. The van der Waals surface area contributed by atoms with E-state index in [0.29, 0.717) is 12.8 Å². The molecule has 0 aromatic heterocycles. The lowest BCUT2D eigenvalue weighted by atomic mass is 9.58. The molecule has 2 aliphatic rings. The van der Waals surface area contributed by atoms with E-state index in [-0.39, 0.29) is 39.3 Å². The average Bonchev–Trinajstić information content (AvgIpc) is 3.17. The van der Waals surface area contributed by atoms with Crippen LogP contribution in [0, 0.1) is 17.3 Å². The van der Waals surface area contributed by atoms with Gasteiger partial charge in [-0.3, -0.25) is 9.59 Å². The molecule has 4 atom stereocenters. The van der Waals surface area contributed by atoms with Crippen molar-refractivity contribution in [2.45, 2.75) is 91.6 Å². The number of hydrogen-bond acceptors (Lipinski definition) is 4. The van der Waals surface area contributed by atoms with E-state index in [2.05, 4.69) is 121 Å². The highest BCUT2D eigenvalue weighted by atomic mass is 32.2. The SMILES string of the molecule is O=C(O)CCCCCCCC(C(=O)O)(C1CC(c2ccccc2)SC(c2ccccc2)C1)C1CC(c2ccccc2)SC(c2ccccc2)C1. The van der Waals surface area contributed by atoms with Gasteiger partial charge in [0.2, 0.25) is 0 Å². The normalized spacial score (nSPS) is 25.0. The van der Waals surface area contributed by atoms with Crippen molar-refractivity contribution in [3.8, 4) is 0 Å². The maximum Gasteiger partial charge on any atom is 0.310 e. The molecule has 4 nitrogen and oxygen atoms in total. The lowest BCUT2D eigenvalue weighted by Crippen LogP contribution is -2.48. The number of benzene rings is 4. The fraction of sp³-hybridized carbons (Fsp3) is 0.409. The molecule has 4 unspecified atom stereocenters. The van der Waals surface area contributed by atoms with Crippen LogP contribution in [0.25, 0.3) is 0 Å². The van der Waals surface area contributed by atoms with Crippen LogP contribution in [0.1, 0.15) is 114 Å². The van der Waals surface area contributed by atoms with Crippen LogP contribution in [0.5, 0.6) is 0 Å². The third kappa shape index (κ3) is 8.87. The topological polar surface area (TPSA) is 74.6 Å². The first kappa shape index (κ1) is 36.3. The summed E-state index contributed by atoms with van der Waals surface area (Å²) >= 11 is 4.01. The minimum absolute atomic E-state index is 0.00428. The fourth-order valence-corrected chi connectivity index (χ4v) is 12.1. The Hall–Kier alpha value is -3.48. The average molecular weight is 707 g/mol. The summed E-state index contributed by atoms with van der Waals surface area (Å²) < 4.78 is 0. The Morgan fingerprint density at radius 3 is 1.14 bits per heavy atom. The van der Waals surface area contributed by atoms with E-state index < -0.39 is 17.4 Å². The van der Waals surface area contributed by atoms with Crippen molar-refractivity contribution in [3.05, 3.63) is 144 Å². The number of carboxylic acids is 2. The summed E-state index contributed by atoms with van der Waals surface area (Å²) in [5.74, 6) is -1.37. The second-order valence-corrected chi connectivity index (χ2v) is 17.0. The zero-order chi connectivity index (χ0) is 34.8. The molecule has 262 valence electrons. The van der Waals surface area contributed by atoms with Crippen LogP contribution >= 0.6 is 23.5 Å². The third-order valence-electron chi connectivity index (χ3n) is 11.2. The molecule has 0 radical (unpaired) electrons. The van der Waals surface area contributed by atoms with Crippen molar-refractivity contribution in [1.29, 1.82) is 0 Å². The van der Waals surface area contributed by atoms with Crippen molar-refractivity contribution >= 4 is 35.5 Å². The van der Waals surface area contributed by atoms with Crippen molar-refractivity contribution in [2.24, 2.45) is 17.3 Å². The molecular formula is C44H50O4S2. The molecule has 6 heteroatoms. The molecule has 4 aromatic carbocycles. The van der Waals surface area contributed by atoms with Crippen LogP contribution in [-0.4, -0.2) is 22.2 Å². The van der Waals surface area contributed by atoms with Gasteiger partial charge in [-0.2, -0.15) is 0 Å². The summed E-state index contributed by atoms with van der Waals surface area (Å²) in [4.78, 5) is 25.4. The predicted octanol–water partition coefficient (Wildman–Crippen LogP) is 12.1. The monoisotopic (exact) mass is 706 g/mol. The molecule has 0 amide bonds. The minimum Gasteiger partial charge on any atom is -0.481 e. The molecule has 6 rings (SSSR count). The molecule has 50 heavy (non-hydrogen) atoms. The molecule has 2 aliphatic heterocycles. The maximum absolute atomic E-state index is 14.4. The van der Waals surface area contributed by atoms with Crippen LogP contribution in [0.3, 0.4) is 0 Å². The summed E-state index contributed by atoms with van der Waals surface area (Å²) in [6.07, 6.45) is 8.46. The minimum atomic E-state index is -0.886. The molecule has 0 saturated carbocycles. The molecule has 0 bridgehead atoms. The van der Waals surface area contributed by atoms with E-state index in [4.69, 9.17) is 5.11 Å². The molecule has 0 aliphatic carbocycles. The quantitative estimate of drug-likeness (QED) is 0.120. The van der Waals surface area contributed by atoms with Gasteiger partial charge in [0, 0.05) is 27.4 Å². The molecule has 2 N–H and O–H groups in total. The third-order valence-corrected chi connectivity index (χ3v) is 14.3. The molecule has 0 spiro atoms. The summed E-state index contributed by atoms with van der Waals surface area (Å²) in [6.45, 7) is 0. The van der Waals surface area contributed by atoms with Gasteiger partial charge in [0.05, 0.1) is 5.41 Å². The largest absolute Gasteiger partial charge is 0.481 e. The van der Waals surface area contributed by atoms with E-state index in [9.17, 15) is 14.7 Å². The second-order valence-electron chi connectivity index (χ2n) is 14.2. The van der Waals surface area contributed by atoms with Gasteiger partial charge in [-0.05, 0) is 72.6 Å². The Morgan fingerprint density at radius 2 is 0.820 bits per heavy atom. The first-order chi connectivity index (χ1) is 24.4. The Labute approximate surface area is 306 Å². The van der Waals surface area contributed by atoms with Crippen molar-refractivity contribution in [2.75, 3.05) is 0 Å². The van der Waals surface area contributed by atoms with Crippen LogP contribution in [0.2, 0.25) is 0 Å². The smallest absolute Gasteiger partial charge is 0.310 e. The number of carboxylic acid groups (broad SMARTS) is 2. The summed E-state index contributed by atoms with van der Waals surface area (Å²) in [7, 11) is 0. The zero-order valence-electron chi connectivity index (χ0n) is 28.8. The highest BCUT2D eigenvalue weighted by Gasteiger charge is 2.55. The van der Waals surface area contributed by atoms with Gasteiger partial charge in [-0.1, -0.05) is 147 Å². The molecule has 2 heterocycles. The summed E-state index contributed by atoms with van der Waals surface area (Å²) in [5.41, 5.74) is 4.24. The molecule has 4 aromatic rings. The van der Waals surface area contributed by atoms with E-state index >= 15 is 0 Å². The van der Waals surface area contributed by atoms with Gasteiger partial charge < -0.3 is 10.2 Å². The molecule has 2 saturated heterocycles. The van der Waals surface area contributed by atoms with Crippen LogP contribution in [0.4, 0.5) is 0 Å². The van der Waals surface area contributed by atoms with E-state index in [0.717, 1.165) is 51.4 Å². The number of unbranched alkanes of at least 4 members (excludes halogenated alkanes) is 4. The fourth-order valence-electron chi connectivity index (χ4n) is 8.64. The Bertz CT molecular complexity index is 1440. The van der Waals surface area contributed by atoms with Crippen molar-refractivity contribution in [1.82, 2.24) is 0 Å². The van der Waals surface area contributed by atoms with Gasteiger partial charge >= 0.3 is 11.9 Å². The summed E-state index contributed by atoms with van der Waals surface area (Å²) in [6, 6.07) is 42.9. The van der Waals surface area contributed by atoms with Crippen LogP contribution in [-0.2, 0) is 9.59 Å². The maximum atomic E-state index is 14.4. The van der Waals surface area contributed by atoms with E-state index in [1.54, 1.807) is 0 Å². The Morgan fingerprint density at radius 1 is 0.500 bits per heavy atom. The number of hydrogen-bond donors (Lipinski definition) is 2. The van der Waals surface area contributed by atoms with Gasteiger partial charge in [-0.15, -0.1) is 23.5 Å². The first-order valence-electron chi connectivity index (χ1n) is 18.4. The van der Waals surface area contributed by atoms with Gasteiger partial charge in [-0.25, -0.2) is 0 Å². The Kier molecular flexibility index (Phi) is 12.8. The van der Waals surface area contributed by atoms with E-state index in [1.165, 1.54) is 22.3 Å². The number of carbonyl (C=O) groups is 2. The first-order valence-corrected chi connectivity index (χ1v) is 20.3. The standard InChI is InChI=1S/C44H50O4S2/c45-42(46)26-16-2-1-3-17-27-44(43(47)48,36-28-38(32-18-8-4-9-19-32)49-39(29-36)33-20-10-5-11-21-33)37-30-40(34-22-12-6-13-23-34)50-41(31-37)35-24-14-7-15-25-35/h4-15,18-25,36-41H,1-3,16-17,26-31H2,(H,45,46)(H,47,48). The predicted molar refractivity (Wildman–Crippen MR) is 207 cm³/mol.